The van der Waals surface area contributed by atoms with Crippen molar-refractivity contribution in [3.05, 3.63) is 35.6 Å². The van der Waals surface area contributed by atoms with Gasteiger partial charge in [-0.1, -0.05) is 12.1 Å². The van der Waals surface area contributed by atoms with Crippen LogP contribution in [0.5, 0.6) is 0 Å². The molecule has 0 radical (unpaired) electrons. The van der Waals surface area contributed by atoms with E-state index in [1.807, 2.05) is 6.07 Å². The Kier molecular flexibility index (Phi) is 8.78. The lowest BCUT2D eigenvalue weighted by molar-refractivity contribution is -0.142. The van der Waals surface area contributed by atoms with Crippen LogP contribution in [0.3, 0.4) is 0 Å². The molecule has 0 aromatic heterocycles. The van der Waals surface area contributed by atoms with Gasteiger partial charge >= 0.3 is 5.97 Å². The fourth-order valence-electron chi connectivity index (χ4n) is 2.44. The summed E-state index contributed by atoms with van der Waals surface area (Å²) in [6.45, 7) is 1.24. The number of carbonyl (C=O) groups excluding carboxylic acids is 2. The Balaban J connectivity index is 2.77. The predicted octanol–water partition coefficient (Wildman–Crippen LogP) is 1.53. The van der Waals surface area contributed by atoms with E-state index in [1.165, 1.54) is 25.1 Å². The molecule has 0 aliphatic heterocycles. The summed E-state index contributed by atoms with van der Waals surface area (Å²) in [6.07, 6.45) is 1.53. The largest absolute Gasteiger partial charge is 0.480 e. The lowest BCUT2D eigenvalue weighted by Crippen LogP contribution is -2.52. The molecular formula is C18H22FN3O4. The number of benzene rings is 1. The number of nitrogens with zero attached hydrogens (tertiary/aromatic N) is 1. The molecule has 140 valence electrons. The highest BCUT2D eigenvalue weighted by Crippen LogP contribution is 2.09. The summed E-state index contributed by atoms with van der Waals surface area (Å²) >= 11 is 0. The third kappa shape index (κ3) is 7.75. The summed E-state index contributed by atoms with van der Waals surface area (Å²) in [6, 6.07) is 5.44. The first-order valence-electron chi connectivity index (χ1n) is 8.25. The number of nitriles is 1. The van der Waals surface area contributed by atoms with Crippen molar-refractivity contribution in [2.24, 2.45) is 0 Å². The average Bonchev–Trinajstić information content (AvgIpc) is 2.56. The number of halogens is 1. The average molecular weight is 363 g/mol. The minimum Gasteiger partial charge on any atom is -0.480 e. The first-order chi connectivity index (χ1) is 12.3. The van der Waals surface area contributed by atoms with Crippen LogP contribution in [-0.4, -0.2) is 35.0 Å². The van der Waals surface area contributed by atoms with Crippen LogP contribution in [0.25, 0.3) is 0 Å². The lowest BCUT2D eigenvalue weighted by Gasteiger charge is -2.21. The van der Waals surface area contributed by atoms with Crippen molar-refractivity contribution in [3.63, 3.8) is 0 Å². The molecule has 0 unspecified atom stereocenters. The van der Waals surface area contributed by atoms with Gasteiger partial charge in [-0.2, -0.15) is 5.26 Å². The number of carbonyl (C=O) groups is 3. The second-order valence-corrected chi connectivity index (χ2v) is 5.89. The van der Waals surface area contributed by atoms with Crippen molar-refractivity contribution in [2.45, 2.75) is 51.1 Å². The van der Waals surface area contributed by atoms with Gasteiger partial charge < -0.3 is 15.7 Å². The third-order valence-electron chi connectivity index (χ3n) is 3.67. The van der Waals surface area contributed by atoms with Crippen LogP contribution in [-0.2, 0) is 20.8 Å². The van der Waals surface area contributed by atoms with E-state index in [-0.39, 0.29) is 12.8 Å². The molecule has 2 atom stereocenters. The lowest BCUT2D eigenvalue weighted by atomic mass is 10.0. The molecule has 0 heterocycles. The molecule has 2 amide bonds. The van der Waals surface area contributed by atoms with E-state index in [9.17, 15) is 23.9 Å². The molecule has 0 spiro atoms. The molecule has 0 saturated heterocycles. The first kappa shape index (κ1) is 21.1. The van der Waals surface area contributed by atoms with Crippen LogP contribution in [0.2, 0.25) is 0 Å². The number of rotatable bonds is 10. The van der Waals surface area contributed by atoms with Gasteiger partial charge in [0, 0.05) is 19.8 Å². The van der Waals surface area contributed by atoms with E-state index < -0.39 is 35.7 Å². The van der Waals surface area contributed by atoms with E-state index in [2.05, 4.69) is 10.6 Å². The van der Waals surface area contributed by atoms with Gasteiger partial charge in [-0.25, -0.2) is 9.18 Å². The molecule has 0 saturated carbocycles. The summed E-state index contributed by atoms with van der Waals surface area (Å²) in [7, 11) is 0. The molecule has 3 N–H and O–H groups in total. The van der Waals surface area contributed by atoms with Crippen molar-refractivity contribution in [3.8, 4) is 6.07 Å². The Hall–Kier alpha value is -2.95. The fraction of sp³-hybridized carbons (Fsp3) is 0.444. The van der Waals surface area contributed by atoms with Crippen molar-refractivity contribution in [1.29, 1.82) is 5.26 Å². The highest BCUT2D eigenvalue weighted by molar-refractivity contribution is 5.90. The van der Waals surface area contributed by atoms with Gasteiger partial charge in [0.2, 0.25) is 11.8 Å². The Morgan fingerprint density at radius 3 is 2.54 bits per heavy atom. The molecule has 0 aliphatic carbocycles. The van der Waals surface area contributed by atoms with Gasteiger partial charge in [0.05, 0.1) is 6.07 Å². The molecule has 8 heteroatoms. The number of hydrogen-bond acceptors (Lipinski definition) is 4. The molecule has 0 fully saturated rings. The van der Waals surface area contributed by atoms with E-state index in [4.69, 9.17) is 5.26 Å². The molecule has 1 aromatic rings. The van der Waals surface area contributed by atoms with Crippen LogP contribution < -0.4 is 10.6 Å². The second-order valence-electron chi connectivity index (χ2n) is 5.89. The molecule has 0 aliphatic rings. The maximum atomic E-state index is 13.3. The van der Waals surface area contributed by atoms with E-state index >= 15 is 0 Å². The van der Waals surface area contributed by atoms with E-state index in [0.29, 0.717) is 24.8 Å². The smallest absolute Gasteiger partial charge is 0.326 e. The Morgan fingerprint density at radius 1 is 1.23 bits per heavy atom. The number of hydrogen-bond donors (Lipinski definition) is 3. The monoisotopic (exact) mass is 363 g/mol. The topological polar surface area (TPSA) is 119 Å². The molecule has 26 heavy (non-hydrogen) atoms. The second kappa shape index (κ2) is 10.8. The minimum absolute atomic E-state index is 0.0317. The molecule has 1 rings (SSSR count). The summed E-state index contributed by atoms with van der Waals surface area (Å²) in [5.41, 5.74) is 0.500. The minimum atomic E-state index is -1.19. The van der Waals surface area contributed by atoms with Crippen LogP contribution in [0.15, 0.2) is 24.3 Å². The Labute approximate surface area is 151 Å². The Morgan fingerprint density at radius 2 is 1.96 bits per heavy atom. The number of unbranched alkanes of at least 4 members (excludes halogenated alkanes) is 2. The zero-order chi connectivity index (χ0) is 19.5. The van der Waals surface area contributed by atoms with E-state index in [1.54, 1.807) is 6.07 Å². The van der Waals surface area contributed by atoms with Gasteiger partial charge in [0.25, 0.3) is 0 Å². The van der Waals surface area contributed by atoms with Gasteiger partial charge in [-0.3, -0.25) is 9.59 Å². The third-order valence-corrected chi connectivity index (χ3v) is 3.67. The summed E-state index contributed by atoms with van der Waals surface area (Å²) in [5, 5.41) is 22.6. The highest BCUT2D eigenvalue weighted by Gasteiger charge is 2.26. The molecule has 0 bridgehead atoms. The summed E-state index contributed by atoms with van der Waals surface area (Å²) < 4.78 is 13.3. The van der Waals surface area contributed by atoms with Crippen molar-refractivity contribution < 1.29 is 23.9 Å². The maximum Gasteiger partial charge on any atom is 0.326 e. The molecule has 1 aromatic carbocycles. The number of nitrogens with one attached hydrogen (secondary N) is 2. The predicted molar refractivity (Wildman–Crippen MR) is 91.4 cm³/mol. The van der Waals surface area contributed by atoms with Crippen LogP contribution >= 0.6 is 0 Å². The number of aliphatic carboxylic acids is 1. The molecule has 7 nitrogen and oxygen atoms in total. The zero-order valence-electron chi connectivity index (χ0n) is 14.5. The zero-order valence-corrected chi connectivity index (χ0v) is 14.5. The number of amides is 2. The van der Waals surface area contributed by atoms with Crippen molar-refractivity contribution in [2.75, 3.05) is 0 Å². The van der Waals surface area contributed by atoms with Gasteiger partial charge in [0.15, 0.2) is 0 Å². The maximum absolute atomic E-state index is 13.3. The SMILES string of the molecule is CC(=O)N[C@H](Cc1cccc(F)c1)C(=O)N[C@H](CCCCC#N)C(=O)O. The van der Waals surface area contributed by atoms with Crippen LogP contribution in [0.4, 0.5) is 4.39 Å². The van der Waals surface area contributed by atoms with E-state index in [0.717, 1.165) is 0 Å². The molecular weight excluding hydrogens is 341 g/mol. The quantitative estimate of drug-likeness (QED) is 0.545. The van der Waals surface area contributed by atoms with Gasteiger partial charge in [0.1, 0.15) is 17.9 Å². The highest BCUT2D eigenvalue weighted by atomic mass is 19.1. The summed E-state index contributed by atoms with van der Waals surface area (Å²) in [5.74, 6) is -2.77. The normalized spacial score (nSPS) is 12.5. The van der Waals surface area contributed by atoms with Crippen molar-refractivity contribution >= 4 is 17.8 Å². The van der Waals surface area contributed by atoms with Crippen LogP contribution in [0.1, 0.15) is 38.2 Å². The van der Waals surface area contributed by atoms with Crippen LogP contribution in [0, 0.1) is 17.1 Å². The van der Waals surface area contributed by atoms with Gasteiger partial charge in [-0.15, -0.1) is 0 Å². The standard InChI is InChI=1S/C18H22FN3O4/c1-12(23)21-16(11-13-6-5-7-14(19)10-13)17(24)22-15(18(25)26)8-3-2-4-9-20/h5-7,10,15-16H,2-4,8,11H2,1H3,(H,21,23)(H,22,24)(H,25,26)/t15-,16-/m1/s1. The summed E-state index contributed by atoms with van der Waals surface area (Å²) in [4.78, 5) is 35.1. The fourth-order valence-corrected chi connectivity index (χ4v) is 2.44. The van der Waals surface area contributed by atoms with Crippen molar-refractivity contribution in [1.82, 2.24) is 10.6 Å². The first-order valence-corrected chi connectivity index (χ1v) is 8.25. The van der Waals surface area contributed by atoms with Gasteiger partial charge in [-0.05, 0) is 37.0 Å². The Bertz CT molecular complexity index is 687. The number of carboxylic acid groups (broad SMARTS) is 1. The number of carboxylic acids is 1.